The Labute approximate surface area is 107 Å². The fourth-order valence-corrected chi connectivity index (χ4v) is 1.87. The third kappa shape index (κ3) is 1.80. The second-order valence-electron chi connectivity index (χ2n) is 3.87. The molecule has 0 aliphatic carbocycles. The molecule has 2 aromatic carbocycles. The molecule has 0 spiro atoms. The molecule has 0 bridgehead atoms. The summed E-state index contributed by atoms with van der Waals surface area (Å²) in [4.78, 5) is 4.25. The molecule has 1 aromatic heterocycles. The Hall–Kier alpha value is -2.07. The molecule has 90 valence electrons. The smallest absolute Gasteiger partial charge is 0.227 e. The van der Waals surface area contributed by atoms with Crippen molar-refractivity contribution in [2.75, 3.05) is 5.73 Å². The lowest BCUT2D eigenvalue weighted by Gasteiger charge is -1.94. The standard InChI is InChI=1S/C13H8ClFN2O/c14-9-5-11-12(6-10(9)16)18-13(17-11)7-2-1-3-8(15)4-7/h1-6H,16H2. The van der Waals surface area contributed by atoms with Crippen molar-refractivity contribution in [3.63, 3.8) is 0 Å². The van der Waals surface area contributed by atoms with Crippen LogP contribution in [-0.4, -0.2) is 4.98 Å². The quantitative estimate of drug-likeness (QED) is 0.677. The molecule has 3 aromatic rings. The number of nitrogens with zero attached hydrogens (tertiary/aromatic N) is 1. The van der Waals surface area contributed by atoms with Gasteiger partial charge in [0.1, 0.15) is 11.3 Å². The molecule has 0 saturated heterocycles. The van der Waals surface area contributed by atoms with E-state index in [2.05, 4.69) is 4.98 Å². The van der Waals surface area contributed by atoms with Crippen LogP contribution in [0.15, 0.2) is 40.8 Å². The number of halogens is 2. The van der Waals surface area contributed by atoms with Gasteiger partial charge in [-0.3, -0.25) is 0 Å². The van der Waals surface area contributed by atoms with Crippen LogP contribution in [0.25, 0.3) is 22.6 Å². The Kier molecular flexibility index (Phi) is 2.45. The van der Waals surface area contributed by atoms with Gasteiger partial charge < -0.3 is 10.2 Å². The summed E-state index contributed by atoms with van der Waals surface area (Å²) in [6, 6.07) is 9.27. The molecule has 5 heteroatoms. The predicted octanol–water partition coefficient (Wildman–Crippen LogP) is 3.87. The Morgan fingerprint density at radius 3 is 2.83 bits per heavy atom. The van der Waals surface area contributed by atoms with Gasteiger partial charge in [-0.2, -0.15) is 0 Å². The van der Waals surface area contributed by atoms with Crippen molar-refractivity contribution in [3.05, 3.63) is 47.2 Å². The Morgan fingerprint density at radius 2 is 2.06 bits per heavy atom. The van der Waals surface area contributed by atoms with Crippen molar-refractivity contribution < 1.29 is 8.81 Å². The Balaban J connectivity index is 2.19. The lowest BCUT2D eigenvalue weighted by molar-refractivity contribution is 0.611. The van der Waals surface area contributed by atoms with Crippen LogP contribution in [0.1, 0.15) is 0 Å². The molecule has 0 radical (unpaired) electrons. The SMILES string of the molecule is Nc1cc2oc(-c3cccc(F)c3)nc2cc1Cl. The normalized spacial score (nSPS) is 11.0. The highest BCUT2D eigenvalue weighted by atomic mass is 35.5. The number of nitrogens with two attached hydrogens (primary N) is 1. The van der Waals surface area contributed by atoms with Crippen molar-refractivity contribution in [2.24, 2.45) is 0 Å². The molecule has 3 nitrogen and oxygen atoms in total. The summed E-state index contributed by atoms with van der Waals surface area (Å²) >= 11 is 5.90. The van der Waals surface area contributed by atoms with E-state index < -0.39 is 0 Å². The minimum Gasteiger partial charge on any atom is -0.436 e. The molecule has 3 rings (SSSR count). The molecule has 0 aliphatic rings. The fourth-order valence-electron chi connectivity index (χ4n) is 1.71. The number of oxazole rings is 1. The summed E-state index contributed by atoms with van der Waals surface area (Å²) in [6.07, 6.45) is 0. The minimum absolute atomic E-state index is 0.339. The van der Waals surface area contributed by atoms with E-state index in [4.69, 9.17) is 21.8 Å². The zero-order valence-electron chi connectivity index (χ0n) is 9.15. The van der Waals surface area contributed by atoms with Crippen LogP contribution in [0.2, 0.25) is 5.02 Å². The van der Waals surface area contributed by atoms with Crippen molar-refractivity contribution in [3.8, 4) is 11.5 Å². The highest BCUT2D eigenvalue weighted by Crippen LogP contribution is 2.29. The highest BCUT2D eigenvalue weighted by Gasteiger charge is 2.10. The number of hydrogen-bond acceptors (Lipinski definition) is 3. The van der Waals surface area contributed by atoms with Crippen LogP contribution in [0.4, 0.5) is 10.1 Å². The summed E-state index contributed by atoms with van der Waals surface area (Å²) in [5, 5.41) is 0.418. The lowest BCUT2D eigenvalue weighted by atomic mass is 10.2. The number of benzene rings is 2. The van der Waals surface area contributed by atoms with Gasteiger partial charge in [-0.25, -0.2) is 9.37 Å². The zero-order valence-corrected chi connectivity index (χ0v) is 9.91. The summed E-state index contributed by atoms with van der Waals surface area (Å²) in [5.41, 5.74) is 7.79. The molecule has 1 heterocycles. The molecular weight excluding hydrogens is 255 g/mol. The maximum atomic E-state index is 13.1. The van der Waals surface area contributed by atoms with E-state index in [1.165, 1.54) is 12.1 Å². The number of nitrogen functional groups attached to an aromatic ring is 1. The maximum Gasteiger partial charge on any atom is 0.227 e. The Bertz CT molecular complexity index is 700. The van der Waals surface area contributed by atoms with Gasteiger partial charge in [-0.1, -0.05) is 17.7 Å². The summed E-state index contributed by atoms with van der Waals surface area (Å²) in [7, 11) is 0. The molecule has 0 unspecified atom stereocenters. The van der Waals surface area contributed by atoms with Gasteiger partial charge in [0, 0.05) is 11.6 Å². The predicted molar refractivity (Wildman–Crippen MR) is 68.8 cm³/mol. The maximum absolute atomic E-state index is 13.1. The monoisotopic (exact) mass is 262 g/mol. The van der Waals surface area contributed by atoms with Crippen LogP contribution in [0.5, 0.6) is 0 Å². The van der Waals surface area contributed by atoms with Gasteiger partial charge in [-0.05, 0) is 24.3 Å². The lowest BCUT2D eigenvalue weighted by Crippen LogP contribution is -1.84. The van der Waals surface area contributed by atoms with Crippen LogP contribution in [-0.2, 0) is 0 Å². The summed E-state index contributed by atoms with van der Waals surface area (Å²) in [5.74, 6) is -0.00142. The van der Waals surface area contributed by atoms with Gasteiger partial charge in [0.2, 0.25) is 5.89 Å². The van der Waals surface area contributed by atoms with E-state index in [0.717, 1.165) is 0 Å². The van der Waals surface area contributed by atoms with Gasteiger partial charge >= 0.3 is 0 Å². The molecule has 0 atom stereocenters. The second-order valence-corrected chi connectivity index (χ2v) is 4.28. The zero-order chi connectivity index (χ0) is 12.7. The molecule has 0 saturated carbocycles. The second kappa shape index (κ2) is 3.99. The molecule has 0 fully saturated rings. The van der Waals surface area contributed by atoms with Crippen LogP contribution in [0.3, 0.4) is 0 Å². The average molecular weight is 263 g/mol. The van der Waals surface area contributed by atoms with Gasteiger partial charge in [0.05, 0.1) is 10.7 Å². The fraction of sp³-hybridized carbons (Fsp3) is 0. The van der Waals surface area contributed by atoms with Crippen molar-refractivity contribution in [1.82, 2.24) is 4.98 Å². The number of hydrogen-bond donors (Lipinski definition) is 1. The van der Waals surface area contributed by atoms with Crippen molar-refractivity contribution in [2.45, 2.75) is 0 Å². The van der Waals surface area contributed by atoms with Crippen LogP contribution >= 0.6 is 11.6 Å². The van der Waals surface area contributed by atoms with E-state index in [9.17, 15) is 4.39 Å². The number of fused-ring (bicyclic) bond motifs is 1. The van der Waals surface area contributed by atoms with E-state index in [-0.39, 0.29) is 5.82 Å². The van der Waals surface area contributed by atoms with E-state index in [1.54, 1.807) is 24.3 Å². The van der Waals surface area contributed by atoms with Gasteiger partial charge in [-0.15, -0.1) is 0 Å². The molecule has 0 aliphatic heterocycles. The van der Waals surface area contributed by atoms with Crippen LogP contribution < -0.4 is 5.73 Å². The van der Waals surface area contributed by atoms with Gasteiger partial charge in [0.25, 0.3) is 0 Å². The molecule has 2 N–H and O–H groups in total. The minimum atomic E-state index is -0.340. The van der Waals surface area contributed by atoms with Crippen LogP contribution in [0, 0.1) is 5.82 Å². The first-order chi connectivity index (χ1) is 8.63. The van der Waals surface area contributed by atoms with E-state index >= 15 is 0 Å². The Morgan fingerprint density at radius 1 is 1.22 bits per heavy atom. The largest absolute Gasteiger partial charge is 0.436 e. The molecular formula is C13H8ClFN2O. The molecule has 18 heavy (non-hydrogen) atoms. The first-order valence-corrected chi connectivity index (χ1v) is 5.63. The molecule has 0 amide bonds. The summed E-state index contributed by atoms with van der Waals surface area (Å²) < 4.78 is 18.7. The summed E-state index contributed by atoms with van der Waals surface area (Å²) in [6.45, 7) is 0. The number of rotatable bonds is 1. The number of anilines is 1. The first kappa shape index (κ1) is 11.0. The third-order valence-electron chi connectivity index (χ3n) is 2.58. The van der Waals surface area contributed by atoms with E-state index in [1.807, 2.05) is 0 Å². The highest BCUT2D eigenvalue weighted by molar-refractivity contribution is 6.33. The first-order valence-electron chi connectivity index (χ1n) is 5.25. The average Bonchev–Trinajstić information content (AvgIpc) is 2.73. The number of aromatic nitrogens is 1. The third-order valence-corrected chi connectivity index (χ3v) is 2.91. The van der Waals surface area contributed by atoms with Crippen molar-refractivity contribution >= 4 is 28.4 Å². The topological polar surface area (TPSA) is 52.0 Å². The van der Waals surface area contributed by atoms with E-state index in [0.29, 0.717) is 33.3 Å². The van der Waals surface area contributed by atoms with Gasteiger partial charge in [0.15, 0.2) is 5.58 Å². The van der Waals surface area contributed by atoms with Crippen molar-refractivity contribution in [1.29, 1.82) is 0 Å².